The minimum absolute atomic E-state index is 0.0386. The fourth-order valence-electron chi connectivity index (χ4n) is 2.22. The summed E-state index contributed by atoms with van der Waals surface area (Å²) in [6.45, 7) is 1.13. The van der Waals surface area contributed by atoms with Gasteiger partial charge >= 0.3 is 6.18 Å². The van der Waals surface area contributed by atoms with Crippen LogP contribution in [-0.4, -0.2) is 43.0 Å². The second kappa shape index (κ2) is 5.59. The zero-order valence-corrected chi connectivity index (χ0v) is 12.1. The standard InChI is InChI=1S/C12H16F3N3OS/c1-17(2)10(19)8-3-5-18(6-4-8)11-16-9(7-20-11)12(13,14)15/h7-8H,3-6H2,1-2H3. The summed E-state index contributed by atoms with van der Waals surface area (Å²) in [6, 6.07) is 0. The van der Waals surface area contributed by atoms with Crippen LogP contribution >= 0.6 is 11.3 Å². The van der Waals surface area contributed by atoms with Crippen molar-refractivity contribution in [2.24, 2.45) is 5.92 Å². The number of halogens is 3. The van der Waals surface area contributed by atoms with Crippen molar-refractivity contribution in [3.8, 4) is 0 Å². The summed E-state index contributed by atoms with van der Waals surface area (Å²) in [4.78, 5) is 18.8. The van der Waals surface area contributed by atoms with Gasteiger partial charge in [0.25, 0.3) is 0 Å². The molecule has 1 aromatic heterocycles. The molecule has 1 fully saturated rings. The van der Waals surface area contributed by atoms with Crippen LogP contribution in [0.15, 0.2) is 5.38 Å². The van der Waals surface area contributed by atoms with Crippen molar-refractivity contribution in [1.82, 2.24) is 9.88 Å². The van der Waals surface area contributed by atoms with Crippen LogP contribution in [0.25, 0.3) is 0 Å². The molecule has 1 aliphatic rings. The van der Waals surface area contributed by atoms with E-state index >= 15 is 0 Å². The molecular weight excluding hydrogens is 291 g/mol. The van der Waals surface area contributed by atoms with Gasteiger partial charge in [-0.2, -0.15) is 13.2 Å². The molecule has 4 nitrogen and oxygen atoms in total. The minimum atomic E-state index is -4.39. The van der Waals surface area contributed by atoms with E-state index in [4.69, 9.17) is 0 Å². The van der Waals surface area contributed by atoms with Crippen molar-refractivity contribution in [1.29, 1.82) is 0 Å². The van der Waals surface area contributed by atoms with Crippen LogP contribution in [0.5, 0.6) is 0 Å². The third-order valence-electron chi connectivity index (χ3n) is 3.34. The summed E-state index contributed by atoms with van der Waals surface area (Å²) in [5.41, 5.74) is -0.844. The predicted molar refractivity (Wildman–Crippen MR) is 70.7 cm³/mol. The predicted octanol–water partition coefficient (Wildman–Crippen LogP) is 2.47. The van der Waals surface area contributed by atoms with Crippen LogP contribution in [0.2, 0.25) is 0 Å². The monoisotopic (exact) mass is 307 g/mol. The number of carbonyl (C=O) groups excluding carboxylic acids is 1. The highest BCUT2D eigenvalue weighted by molar-refractivity contribution is 7.13. The molecule has 1 aromatic rings. The summed E-state index contributed by atoms with van der Waals surface area (Å²) >= 11 is 0.998. The lowest BCUT2D eigenvalue weighted by Crippen LogP contribution is -2.40. The van der Waals surface area contributed by atoms with Gasteiger partial charge in [-0.1, -0.05) is 0 Å². The highest BCUT2D eigenvalue weighted by Gasteiger charge is 2.35. The van der Waals surface area contributed by atoms with Crippen LogP contribution < -0.4 is 4.90 Å². The molecule has 0 aromatic carbocycles. The van der Waals surface area contributed by atoms with Crippen LogP contribution in [-0.2, 0) is 11.0 Å². The first kappa shape index (κ1) is 15.1. The van der Waals surface area contributed by atoms with Crippen molar-refractivity contribution in [3.05, 3.63) is 11.1 Å². The van der Waals surface area contributed by atoms with Gasteiger partial charge in [0.1, 0.15) is 0 Å². The lowest BCUT2D eigenvalue weighted by Gasteiger charge is -2.32. The van der Waals surface area contributed by atoms with Crippen molar-refractivity contribution >= 4 is 22.4 Å². The Bertz CT molecular complexity index is 479. The summed E-state index contributed by atoms with van der Waals surface area (Å²) < 4.78 is 37.5. The number of carbonyl (C=O) groups is 1. The first-order valence-electron chi connectivity index (χ1n) is 6.28. The highest BCUT2D eigenvalue weighted by Crippen LogP contribution is 2.34. The molecule has 2 heterocycles. The van der Waals surface area contributed by atoms with E-state index in [9.17, 15) is 18.0 Å². The summed E-state index contributed by atoms with van der Waals surface area (Å²) in [7, 11) is 3.43. The van der Waals surface area contributed by atoms with E-state index in [2.05, 4.69) is 4.98 Å². The SMILES string of the molecule is CN(C)C(=O)C1CCN(c2nc(C(F)(F)F)cs2)CC1. The molecule has 0 bridgehead atoms. The topological polar surface area (TPSA) is 36.4 Å². The molecule has 112 valence electrons. The van der Waals surface area contributed by atoms with E-state index in [1.807, 2.05) is 4.90 Å². The Morgan fingerprint density at radius 2 is 2.00 bits per heavy atom. The van der Waals surface area contributed by atoms with Gasteiger partial charge in [0.2, 0.25) is 5.91 Å². The van der Waals surface area contributed by atoms with Gasteiger partial charge in [-0.25, -0.2) is 4.98 Å². The molecule has 0 unspecified atom stereocenters. The second-order valence-corrected chi connectivity index (χ2v) is 5.84. The van der Waals surface area contributed by atoms with Gasteiger partial charge in [0.15, 0.2) is 10.8 Å². The Morgan fingerprint density at radius 1 is 1.40 bits per heavy atom. The summed E-state index contributed by atoms with van der Waals surface area (Å²) in [5, 5.41) is 1.42. The number of nitrogens with zero attached hydrogens (tertiary/aromatic N) is 3. The highest BCUT2D eigenvalue weighted by atomic mass is 32.1. The molecule has 1 amide bonds. The van der Waals surface area contributed by atoms with E-state index in [1.165, 1.54) is 0 Å². The lowest BCUT2D eigenvalue weighted by atomic mass is 9.96. The Hall–Kier alpha value is -1.31. The number of amides is 1. The number of hydrogen-bond donors (Lipinski definition) is 0. The smallest absolute Gasteiger partial charge is 0.349 e. The molecule has 0 radical (unpaired) electrons. The van der Waals surface area contributed by atoms with Gasteiger partial charge in [-0.15, -0.1) is 11.3 Å². The molecule has 1 aliphatic heterocycles. The fourth-order valence-corrected chi connectivity index (χ4v) is 3.11. The lowest BCUT2D eigenvalue weighted by molar-refractivity contribution is -0.140. The number of piperidine rings is 1. The number of hydrogen-bond acceptors (Lipinski definition) is 4. The van der Waals surface area contributed by atoms with E-state index in [0.717, 1.165) is 16.7 Å². The van der Waals surface area contributed by atoms with Gasteiger partial charge in [-0.3, -0.25) is 4.79 Å². The molecule has 1 saturated heterocycles. The normalized spacial score (nSPS) is 17.4. The Kier molecular flexibility index (Phi) is 4.22. The molecule has 0 atom stereocenters. The number of aromatic nitrogens is 1. The van der Waals surface area contributed by atoms with Crippen molar-refractivity contribution in [3.63, 3.8) is 0 Å². The van der Waals surface area contributed by atoms with Crippen molar-refractivity contribution in [2.45, 2.75) is 19.0 Å². The van der Waals surface area contributed by atoms with Gasteiger partial charge in [-0.05, 0) is 12.8 Å². The average molecular weight is 307 g/mol. The molecule has 8 heteroatoms. The van der Waals surface area contributed by atoms with E-state index in [1.54, 1.807) is 19.0 Å². The van der Waals surface area contributed by atoms with E-state index < -0.39 is 11.9 Å². The molecule has 2 rings (SSSR count). The zero-order chi connectivity index (χ0) is 14.9. The van der Waals surface area contributed by atoms with Crippen molar-refractivity contribution < 1.29 is 18.0 Å². The number of rotatable bonds is 2. The number of anilines is 1. The van der Waals surface area contributed by atoms with Gasteiger partial charge in [0, 0.05) is 38.5 Å². The van der Waals surface area contributed by atoms with Crippen LogP contribution in [0.3, 0.4) is 0 Å². The molecule has 0 spiro atoms. The quantitative estimate of drug-likeness (QED) is 0.842. The maximum Gasteiger partial charge on any atom is 0.434 e. The third-order valence-corrected chi connectivity index (χ3v) is 4.24. The molecule has 0 N–H and O–H groups in total. The molecular formula is C12H16F3N3OS. The zero-order valence-electron chi connectivity index (χ0n) is 11.3. The van der Waals surface area contributed by atoms with Crippen LogP contribution in [0.1, 0.15) is 18.5 Å². The van der Waals surface area contributed by atoms with E-state index in [-0.39, 0.29) is 11.8 Å². The Labute approximate surface area is 119 Å². The maximum atomic E-state index is 12.5. The minimum Gasteiger partial charge on any atom is -0.349 e. The largest absolute Gasteiger partial charge is 0.434 e. The van der Waals surface area contributed by atoms with Crippen LogP contribution in [0, 0.1) is 5.92 Å². The number of alkyl halides is 3. The molecule has 0 saturated carbocycles. The fraction of sp³-hybridized carbons (Fsp3) is 0.667. The van der Waals surface area contributed by atoms with Gasteiger partial charge in [0.05, 0.1) is 0 Å². The first-order chi connectivity index (χ1) is 9.29. The first-order valence-corrected chi connectivity index (χ1v) is 7.16. The maximum absolute atomic E-state index is 12.5. The third kappa shape index (κ3) is 3.23. The summed E-state index contributed by atoms with van der Waals surface area (Å²) in [6.07, 6.45) is -3.09. The average Bonchev–Trinajstić information content (AvgIpc) is 2.87. The van der Waals surface area contributed by atoms with Gasteiger partial charge < -0.3 is 9.80 Å². The van der Waals surface area contributed by atoms with Crippen LogP contribution in [0.4, 0.5) is 18.3 Å². The van der Waals surface area contributed by atoms with E-state index in [0.29, 0.717) is 31.1 Å². The summed E-state index contributed by atoms with van der Waals surface area (Å²) in [5.74, 6) is 0.0445. The Balaban J connectivity index is 1.97. The molecule has 20 heavy (non-hydrogen) atoms. The number of thiazole rings is 1. The molecule has 0 aliphatic carbocycles. The van der Waals surface area contributed by atoms with Crippen molar-refractivity contribution in [2.75, 3.05) is 32.1 Å². The Morgan fingerprint density at radius 3 is 2.45 bits per heavy atom. The second-order valence-electron chi connectivity index (χ2n) is 5.01.